The number of para-hydroxylation sites is 1. The molecule has 0 bridgehead atoms. The number of carbonyl (C=O) groups excluding carboxylic acids is 2. The lowest BCUT2D eigenvalue weighted by Gasteiger charge is -2.24. The van der Waals surface area contributed by atoms with E-state index in [9.17, 15) is 18.0 Å². The number of hydrogen-bond acceptors (Lipinski definition) is 5. The SMILES string of the molecule is Cc1cc(C)cc(NC(=O)C(OC(=O)c2cccc(S(=O)(=O)N3c4ccccc4CC3C)c2)c2ccccc2)c1. The van der Waals surface area contributed by atoms with Crippen LogP contribution in [-0.2, 0) is 26.0 Å². The van der Waals surface area contributed by atoms with E-state index < -0.39 is 28.0 Å². The lowest BCUT2D eigenvalue weighted by Crippen LogP contribution is -2.35. The lowest BCUT2D eigenvalue weighted by molar-refractivity contribution is -0.125. The maximum Gasteiger partial charge on any atom is 0.339 e. The van der Waals surface area contributed by atoms with Crippen molar-refractivity contribution in [3.05, 3.63) is 125 Å². The van der Waals surface area contributed by atoms with Gasteiger partial charge in [0, 0.05) is 17.3 Å². The second-order valence-electron chi connectivity index (χ2n) is 10.1. The summed E-state index contributed by atoms with van der Waals surface area (Å²) in [6.07, 6.45) is -0.647. The van der Waals surface area contributed by atoms with E-state index in [4.69, 9.17) is 4.74 Å². The van der Waals surface area contributed by atoms with Gasteiger partial charge in [0.15, 0.2) is 0 Å². The molecule has 0 fully saturated rings. The van der Waals surface area contributed by atoms with Gasteiger partial charge in [0.1, 0.15) is 0 Å². The summed E-state index contributed by atoms with van der Waals surface area (Å²) in [5, 5.41) is 2.85. The molecule has 204 valence electrons. The van der Waals surface area contributed by atoms with E-state index in [2.05, 4.69) is 5.32 Å². The molecular formula is C32H30N2O5S. The Balaban J connectivity index is 1.42. The molecule has 2 unspecified atom stereocenters. The molecule has 1 aliphatic rings. The van der Waals surface area contributed by atoms with Crippen LogP contribution in [0, 0.1) is 13.8 Å². The molecule has 4 aromatic rings. The predicted molar refractivity (Wildman–Crippen MR) is 155 cm³/mol. The van der Waals surface area contributed by atoms with Crippen molar-refractivity contribution < 1.29 is 22.7 Å². The van der Waals surface area contributed by atoms with Crippen molar-refractivity contribution in [2.75, 3.05) is 9.62 Å². The molecule has 4 aromatic carbocycles. The summed E-state index contributed by atoms with van der Waals surface area (Å²) in [7, 11) is -3.96. The maximum absolute atomic E-state index is 13.7. The van der Waals surface area contributed by atoms with Gasteiger partial charge in [-0.2, -0.15) is 0 Å². The summed E-state index contributed by atoms with van der Waals surface area (Å²) in [6.45, 7) is 5.72. The van der Waals surface area contributed by atoms with Crippen molar-refractivity contribution in [2.45, 2.75) is 44.2 Å². The molecule has 0 spiro atoms. The number of fused-ring (bicyclic) bond motifs is 1. The van der Waals surface area contributed by atoms with Crippen molar-refractivity contribution in [3.8, 4) is 0 Å². The van der Waals surface area contributed by atoms with Crippen LogP contribution in [0.4, 0.5) is 11.4 Å². The molecule has 0 saturated heterocycles. The topological polar surface area (TPSA) is 92.8 Å². The van der Waals surface area contributed by atoms with Gasteiger partial charge in [0.25, 0.3) is 15.9 Å². The number of amides is 1. The summed E-state index contributed by atoms with van der Waals surface area (Å²) < 4.78 is 34.5. The number of hydrogen-bond donors (Lipinski definition) is 1. The second kappa shape index (κ2) is 11.0. The second-order valence-corrected chi connectivity index (χ2v) is 11.9. The lowest BCUT2D eigenvalue weighted by atomic mass is 10.1. The van der Waals surface area contributed by atoms with Gasteiger partial charge >= 0.3 is 5.97 Å². The molecule has 40 heavy (non-hydrogen) atoms. The van der Waals surface area contributed by atoms with Crippen molar-refractivity contribution >= 4 is 33.3 Å². The van der Waals surface area contributed by atoms with Gasteiger partial charge in [0.2, 0.25) is 6.10 Å². The molecule has 1 amide bonds. The number of esters is 1. The fourth-order valence-corrected chi connectivity index (χ4v) is 6.87. The summed E-state index contributed by atoms with van der Waals surface area (Å²) in [6, 6.07) is 27.2. The standard InChI is InChI=1S/C32H30N2O5S/c1-21-16-22(2)18-27(17-21)33-31(35)30(24-10-5-4-6-11-24)39-32(36)26-13-9-14-28(20-26)40(37,38)34-23(3)19-25-12-7-8-15-29(25)34/h4-18,20,23,30H,19H2,1-3H3,(H,33,35). The van der Waals surface area contributed by atoms with Gasteiger partial charge in [-0.15, -0.1) is 0 Å². The maximum atomic E-state index is 13.7. The first-order valence-electron chi connectivity index (χ1n) is 13.0. The molecule has 1 N–H and O–H groups in total. The van der Waals surface area contributed by atoms with Gasteiger partial charge in [-0.1, -0.05) is 60.7 Å². The zero-order chi connectivity index (χ0) is 28.4. The van der Waals surface area contributed by atoms with Crippen LogP contribution >= 0.6 is 0 Å². The first kappa shape index (κ1) is 27.1. The molecule has 0 aromatic heterocycles. The van der Waals surface area contributed by atoms with Crippen LogP contribution in [0.5, 0.6) is 0 Å². The Kier molecular flexibility index (Phi) is 7.45. The zero-order valence-corrected chi connectivity index (χ0v) is 23.3. The third-order valence-electron chi connectivity index (χ3n) is 6.83. The quantitative estimate of drug-likeness (QED) is 0.284. The highest BCUT2D eigenvalue weighted by atomic mass is 32.2. The summed E-state index contributed by atoms with van der Waals surface area (Å²) in [5.74, 6) is -1.33. The van der Waals surface area contributed by atoms with E-state index in [1.165, 1.54) is 28.6 Å². The molecule has 5 rings (SSSR count). The minimum atomic E-state index is -3.96. The highest BCUT2D eigenvalue weighted by Gasteiger charge is 2.36. The van der Waals surface area contributed by atoms with E-state index in [1.807, 2.05) is 51.1 Å². The third kappa shape index (κ3) is 5.49. The van der Waals surface area contributed by atoms with Crippen molar-refractivity contribution in [2.24, 2.45) is 0 Å². The molecule has 1 aliphatic heterocycles. The molecular weight excluding hydrogens is 524 g/mol. The van der Waals surface area contributed by atoms with Gasteiger partial charge in [-0.25, -0.2) is 13.2 Å². The van der Waals surface area contributed by atoms with Gasteiger partial charge in [-0.05, 0) is 80.3 Å². The molecule has 2 atom stereocenters. The molecule has 7 nitrogen and oxygen atoms in total. The fraction of sp³-hybridized carbons (Fsp3) is 0.188. The molecule has 0 aliphatic carbocycles. The normalized spacial score (nSPS) is 15.3. The van der Waals surface area contributed by atoms with Crippen LogP contribution < -0.4 is 9.62 Å². The Morgan fingerprint density at radius 1 is 0.875 bits per heavy atom. The fourth-order valence-electron chi connectivity index (χ4n) is 5.13. The van der Waals surface area contributed by atoms with Gasteiger partial charge in [0.05, 0.1) is 16.1 Å². The Labute approximate surface area is 234 Å². The van der Waals surface area contributed by atoms with Crippen molar-refractivity contribution in [3.63, 3.8) is 0 Å². The number of ether oxygens (including phenoxy) is 1. The summed E-state index contributed by atoms with van der Waals surface area (Å²) >= 11 is 0. The van der Waals surface area contributed by atoms with E-state index >= 15 is 0 Å². The zero-order valence-electron chi connectivity index (χ0n) is 22.5. The molecule has 0 saturated carbocycles. The monoisotopic (exact) mass is 554 g/mol. The highest BCUT2D eigenvalue weighted by Crippen LogP contribution is 2.36. The Hall–Kier alpha value is -4.43. The smallest absolute Gasteiger partial charge is 0.339 e. The van der Waals surface area contributed by atoms with Crippen LogP contribution in [0.3, 0.4) is 0 Å². The van der Waals surface area contributed by atoms with E-state index in [-0.39, 0.29) is 16.5 Å². The van der Waals surface area contributed by atoms with E-state index in [0.29, 0.717) is 23.4 Å². The van der Waals surface area contributed by atoms with Crippen LogP contribution in [0.1, 0.15) is 45.6 Å². The Morgan fingerprint density at radius 2 is 1.55 bits per heavy atom. The number of carbonyl (C=O) groups is 2. The van der Waals surface area contributed by atoms with Crippen LogP contribution in [-0.4, -0.2) is 26.3 Å². The van der Waals surface area contributed by atoms with E-state index in [0.717, 1.165) is 16.7 Å². The van der Waals surface area contributed by atoms with Crippen molar-refractivity contribution in [1.82, 2.24) is 0 Å². The van der Waals surface area contributed by atoms with E-state index in [1.54, 1.807) is 42.5 Å². The first-order valence-corrected chi connectivity index (χ1v) is 14.4. The summed E-state index contributed by atoms with van der Waals surface area (Å²) in [5.41, 5.74) is 4.66. The number of sulfonamides is 1. The van der Waals surface area contributed by atoms with Crippen LogP contribution in [0.25, 0.3) is 0 Å². The Morgan fingerprint density at radius 3 is 2.27 bits per heavy atom. The predicted octanol–water partition coefficient (Wildman–Crippen LogP) is 5.98. The highest BCUT2D eigenvalue weighted by molar-refractivity contribution is 7.92. The third-order valence-corrected chi connectivity index (χ3v) is 8.75. The number of nitrogens with zero attached hydrogens (tertiary/aromatic N) is 1. The number of nitrogens with one attached hydrogen (secondary N) is 1. The molecule has 0 radical (unpaired) electrons. The largest absolute Gasteiger partial charge is 0.444 e. The number of rotatable bonds is 7. The van der Waals surface area contributed by atoms with Crippen LogP contribution in [0.2, 0.25) is 0 Å². The van der Waals surface area contributed by atoms with Crippen molar-refractivity contribution in [1.29, 1.82) is 0 Å². The summed E-state index contributed by atoms with van der Waals surface area (Å²) in [4.78, 5) is 26.7. The number of anilines is 2. The molecule has 8 heteroatoms. The number of benzene rings is 4. The average molecular weight is 555 g/mol. The molecule has 1 heterocycles. The van der Waals surface area contributed by atoms with Gasteiger partial charge < -0.3 is 10.1 Å². The number of aryl methyl sites for hydroxylation is 2. The minimum absolute atomic E-state index is 0.0264. The minimum Gasteiger partial charge on any atom is -0.444 e. The van der Waals surface area contributed by atoms with Gasteiger partial charge in [-0.3, -0.25) is 9.10 Å². The Bertz CT molecular complexity index is 1660. The average Bonchev–Trinajstić information content (AvgIpc) is 3.28. The first-order chi connectivity index (χ1) is 19.1. The van der Waals surface area contributed by atoms with Crippen LogP contribution in [0.15, 0.2) is 102 Å².